The minimum atomic E-state index is -0.685. The van der Waals surface area contributed by atoms with Crippen LogP contribution in [0.2, 0.25) is 0 Å². The van der Waals surface area contributed by atoms with Gasteiger partial charge in [-0.25, -0.2) is 4.99 Å². The van der Waals surface area contributed by atoms with Crippen LogP contribution in [0.15, 0.2) is 53.5 Å². The first kappa shape index (κ1) is 30.2. The number of fused-ring (bicyclic) bond motifs is 1. The van der Waals surface area contributed by atoms with Crippen LogP contribution in [0.4, 0.5) is 0 Å². The second kappa shape index (κ2) is 14.7. The zero-order valence-corrected chi connectivity index (χ0v) is 24.5. The number of aryl methyl sites for hydroxylation is 1. The van der Waals surface area contributed by atoms with Crippen LogP contribution < -0.4 is 10.1 Å². The number of methoxy groups -OCH3 is 1. The van der Waals surface area contributed by atoms with E-state index in [4.69, 9.17) is 4.74 Å². The third-order valence-electron chi connectivity index (χ3n) is 7.77. The second-order valence-electron chi connectivity index (χ2n) is 11.0. The molecule has 1 fully saturated rings. The molecule has 1 aromatic heterocycles. The van der Waals surface area contributed by atoms with Crippen LogP contribution in [0.3, 0.4) is 0 Å². The molecule has 1 aliphatic rings. The number of ether oxygens (including phenoxy) is 1. The lowest BCUT2D eigenvalue weighted by atomic mass is 10.0. The molecule has 0 aliphatic carbocycles. The molecule has 2 aromatic carbocycles. The third kappa shape index (κ3) is 8.85. The molecule has 4 rings (SSSR count). The van der Waals surface area contributed by atoms with Crippen molar-refractivity contribution in [1.82, 2.24) is 15.2 Å². The average Bonchev–Trinajstić information content (AvgIpc) is 3.27. The Morgan fingerprint density at radius 2 is 1.80 bits per heavy atom. The van der Waals surface area contributed by atoms with Crippen molar-refractivity contribution in [3.8, 4) is 5.75 Å². The van der Waals surface area contributed by atoms with Crippen molar-refractivity contribution in [2.24, 2.45) is 4.99 Å². The largest absolute Gasteiger partial charge is 0.497 e. The van der Waals surface area contributed by atoms with E-state index < -0.39 is 6.04 Å². The number of rotatable bonds is 13. The lowest BCUT2D eigenvalue weighted by Gasteiger charge is -2.27. The number of amides is 2. The molecule has 0 saturated carbocycles. The lowest BCUT2D eigenvalue weighted by Crippen LogP contribution is -2.42. The summed E-state index contributed by atoms with van der Waals surface area (Å²) in [6.45, 7) is 6.14. The lowest BCUT2D eigenvalue weighted by molar-refractivity contribution is -0.127. The molecule has 218 valence electrons. The number of nitrogens with one attached hydrogen (secondary N) is 2. The summed E-state index contributed by atoms with van der Waals surface area (Å²) in [5, 5.41) is 3.92. The number of Topliss-reactive ketones (excluding diaryl/α,β-unsaturated/α-hetero) is 1. The molecule has 2 N–H and O–H groups in total. The van der Waals surface area contributed by atoms with Gasteiger partial charge in [0.1, 0.15) is 17.6 Å². The molecule has 3 aromatic rings. The monoisotopic (exact) mass is 558 g/mol. The first-order chi connectivity index (χ1) is 19.8. The van der Waals surface area contributed by atoms with Crippen LogP contribution in [-0.4, -0.2) is 59.4 Å². The molecule has 1 atom stereocenters. The van der Waals surface area contributed by atoms with E-state index in [9.17, 15) is 14.4 Å². The van der Waals surface area contributed by atoms with E-state index in [0.29, 0.717) is 12.8 Å². The number of aromatic amines is 1. The predicted octanol–water partition coefficient (Wildman–Crippen LogP) is 5.32. The van der Waals surface area contributed by atoms with Gasteiger partial charge in [0.2, 0.25) is 5.91 Å². The summed E-state index contributed by atoms with van der Waals surface area (Å²) >= 11 is 0. The minimum Gasteiger partial charge on any atom is -0.497 e. The van der Waals surface area contributed by atoms with E-state index in [1.54, 1.807) is 14.0 Å². The maximum atomic E-state index is 13.4. The second-order valence-corrected chi connectivity index (χ2v) is 11.0. The maximum absolute atomic E-state index is 13.4. The number of ketones is 1. The number of H-pyrrole nitrogens is 1. The molecular weight excluding hydrogens is 516 g/mol. The molecule has 1 saturated heterocycles. The smallest absolute Gasteiger partial charge is 0.268 e. The van der Waals surface area contributed by atoms with Gasteiger partial charge in [-0.2, -0.15) is 0 Å². The number of unbranched alkanes of at least 4 members (excludes halogenated alkanes) is 2. The number of piperidine rings is 1. The van der Waals surface area contributed by atoms with E-state index in [1.165, 1.54) is 5.56 Å². The summed E-state index contributed by atoms with van der Waals surface area (Å²) in [6.07, 6.45) is 5.03. The Hall–Kier alpha value is -3.78. The van der Waals surface area contributed by atoms with Gasteiger partial charge in [0.05, 0.1) is 13.5 Å². The number of carbonyl (C=O) groups is 3. The fourth-order valence-corrected chi connectivity index (χ4v) is 5.44. The minimum absolute atomic E-state index is 0.151. The highest BCUT2D eigenvalue weighted by atomic mass is 16.5. The molecule has 0 spiro atoms. The highest BCUT2D eigenvalue weighted by Crippen LogP contribution is 2.27. The Kier molecular flexibility index (Phi) is 10.8. The van der Waals surface area contributed by atoms with Crippen molar-refractivity contribution in [2.45, 2.75) is 77.8 Å². The van der Waals surface area contributed by atoms with E-state index in [1.807, 2.05) is 31.2 Å². The van der Waals surface area contributed by atoms with Crippen molar-refractivity contribution >= 4 is 34.2 Å². The molecule has 2 heterocycles. The predicted molar refractivity (Wildman–Crippen MR) is 162 cm³/mol. The van der Waals surface area contributed by atoms with Gasteiger partial charge in [-0.1, -0.05) is 43.2 Å². The van der Waals surface area contributed by atoms with Crippen molar-refractivity contribution in [1.29, 1.82) is 0 Å². The maximum Gasteiger partial charge on any atom is 0.268 e. The quantitative estimate of drug-likeness (QED) is 0.277. The van der Waals surface area contributed by atoms with Crippen LogP contribution in [0.25, 0.3) is 10.9 Å². The Balaban J connectivity index is 1.39. The number of benzene rings is 2. The van der Waals surface area contributed by atoms with Crippen LogP contribution in [-0.2, 0) is 27.3 Å². The van der Waals surface area contributed by atoms with Crippen molar-refractivity contribution in [3.63, 3.8) is 0 Å². The van der Waals surface area contributed by atoms with Crippen LogP contribution in [0, 0.1) is 6.92 Å². The van der Waals surface area contributed by atoms with Crippen molar-refractivity contribution in [2.75, 3.05) is 20.2 Å². The van der Waals surface area contributed by atoms with Gasteiger partial charge in [0.25, 0.3) is 5.91 Å². The number of hydrogen-bond donors (Lipinski definition) is 2. The normalized spacial score (nSPS) is 14.6. The third-order valence-corrected chi connectivity index (χ3v) is 7.77. The van der Waals surface area contributed by atoms with Gasteiger partial charge in [-0.05, 0) is 68.9 Å². The molecule has 41 heavy (non-hydrogen) atoms. The molecule has 2 amide bonds. The highest BCUT2D eigenvalue weighted by Gasteiger charge is 2.24. The van der Waals surface area contributed by atoms with Gasteiger partial charge in [-0.3, -0.25) is 14.5 Å². The van der Waals surface area contributed by atoms with Crippen LogP contribution in [0.5, 0.6) is 5.75 Å². The standard InChI is InChI=1S/C33H42N4O4/c1-23(38)10-6-4-9-13-31(33(40)35-26-16-18-37(19-17-26)22-25-11-7-5-8-12-25)36-32(39)21-28-24(2)34-30-15-14-27(41-3)20-29(28)30/h5,7-8,11-12,14-15,20,31,34H,4,6,9-10,13,16-19,21-22H2,1-3H3,(H,36,39). The van der Waals surface area contributed by atoms with E-state index in [2.05, 4.69) is 44.5 Å². The summed E-state index contributed by atoms with van der Waals surface area (Å²) in [5.74, 6) is 0.398. The van der Waals surface area contributed by atoms with E-state index in [-0.39, 0.29) is 24.0 Å². The number of aliphatic imine (C=N–C) groups is 1. The highest BCUT2D eigenvalue weighted by molar-refractivity contribution is 6.00. The first-order valence-corrected chi connectivity index (χ1v) is 14.6. The van der Waals surface area contributed by atoms with E-state index >= 15 is 0 Å². The number of hydrogen-bond acceptors (Lipinski definition) is 5. The Morgan fingerprint density at radius 1 is 1.05 bits per heavy atom. The number of nitrogens with zero attached hydrogens (tertiary/aromatic N) is 2. The Bertz CT molecular complexity index is 1370. The molecule has 0 radical (unpaired) electrons. The van der Waals surface area contributed by atoms with Gasteiger partial charge in [0.15, 0.2) is 0 Å². The molecule has 8 heteroatoms. The SMILES string of the molecule is COc1ccc2[nH]c(C)c(CC(=O)NC(CCCCCC(C)=O)C(=O)N=C3CCN(Cc4ccccc4)CC3)c2c1. The zero-order valence-electron chi connectivity index (χ0n) is 24.5. The topological polar surface area (TPSA) is 104 Å². The summed E-state index contributed by atoms with van der Waals surface area (Å²) in [5.41, 5.74) is 4.92. The summed E-state index contributed by atoms with van der Waals surface area (Å²) in [6, 6.07) is 15.4. The fraction of sp³-hybridized carbons (Fsp3) is 0.455. The fourth-order valence-electron chi connectivity index (χ4n) is 5.44. The van der Waals surface area contributed by atoms with Gasteiger partial charge in [-0.15, -0.1) is 0 Å². The van der Waals surface area contributed by atoms with E-state index in [0.717, 1.165) is 85.4 Å². The first-order valence-electron chi connectivity index (χ1n) is 14.6. The van der Waals surface area contributed by atoms with Crippen LogP contribution >= 0.6 is 0 Å². The van der Waals surface area contributed by atoms with Gasteiger partial charge in [0, 0.05) is 48.4 Å². The van der Waals surface area contributed by atoms with Gasteiger partial charge < -0.3 is 19.8 Å². The van der Waals surface area contributed by atoms with Gasteiger partial charge >= 0.3 is 0 Å². The summed E-state index contributed by atoms with van der Waals surface area (Å²) in [7, 11) is 1.62. The van der Waals surface area contributed by atoms with Crippen LogP contribution in [0.1, 0.15) is 68.7 Å². The average molecular weight is 559 g/mol. The number of aromatic nitrogens is 1. The van der Waals surface area contributed by atoms with Crippen molar-refractivity contribution < 1.29 is 19.1 Å². The molecule has 1 aliphatic heterocycles. The van der Waals surface area contributed by atoms with Crippen molar-refractivity contribution in [3.05, 3.63) is 65.4 Å². The number of carbonyl (C=O) groups excluding carboxylic acids is 3. The summed E-state index contributed by atoms with van der Waals surface area (Å²) in [4.78, 5) is 48.1. The molecule has 0 bridgehead atoms. The Labute approximate surface area is 242 Å². The number of likely N-dealkylation sites (tertiary alicyclic amines) is 1. The molecule has 1 unspecified atom stereocenters. The zero-order chi connectivity index (χ0) is 29.2. The Morgan fingerprint density at radius 3 is 2.51 bits per heavy atom. The molecular formula is C33H42N4O4. The summed E-state index contributed by atoms with van der Waals surface area (Å²) < 4.78 is 5.38. The molecule has 8 nitrogen and oxygen atoms in total.